The first-order chi connectivity index (χ1) is 11.2. The molecule has 0 saturated carbocycles. The summed E-state index contributed by atoms with van der Waals surface area (Å²) in [6.07, 6.45) is -0.429. The highest BCUT2D eigenvalue weighted by Crippen LogP contribution is 2.24. The Hall–Kier alpha value is -3.02. The number of fused-ring (bicyclic) bond motifs is 1. The molecule has 1 unspecified atom stereocenters. The van der Waals surface area contributed by atoms with Gasteiger partial charge in [0.1, 0.15) is 6.17 Å². The number of hydrogen-bond acceptors (Lipinski definition) is 5. The lowest BCUT2D eigenvalue weighted by Crippen LogP contribution is -2.41. The summed E-state index contributed by atoms with van der Waals surface area (Å²) < 4.78 is 4.82. The van der Waals surface area contributed by atoms with E-state index in [9.17, 15) is 9.59 Å². The number of amides is 1. The minimum atomic E-state index is -0.768. The molecular weight excluding hydrogens is 294 g/mol. The van der Waals surface area contributed by atoms with Crippen LogP contribution in [0.25, 0.3) is 0 Å². The average Bonchev–Trinajstić information content (AvgIpc) is 2.77. The van der Waals surface area contributed by atoms with Gasteiger partial charge in [0.05, 0.1) is 16.9 Å². The van der Waals surface area contributed by atoms with Crippen LogP contribution in [0.3, 0.4) is 0 Å². The van der Waals surface area contributed by atoms with Crippen LogP contribution in [0.2, 0.25) is 0 Å². The number of carbonyl (C=O) groups excluding carboxylic acids is 2. The van der Waals surface area contributed by atoms with Crippen molar-refractivity contribution in [2.24, 2.45) is 0 Å². The Morgan fingerprint density at radius 1 is 1.00 bits per heavy atom. The largest absolute Gasteiger partial charge is 0.416 e. The number of rotatable bonds is 2. The molecule has 1 atom stereocenters. The highest BCUT2D eigenvalue weighted by molar-refractivity contribution is 5.96. The summed E-state index contributed by atoms with van der Waals surface area (Å²) in [5.41, 5.74) is 2.21. The normalized spacial score (nSPS) is 16.1. The van der Waals surface area contributed by atoms with E-state index >= 15 is 0 Å². The fraction of sp³-hybridized carbons (Fsp3) is 0.176. The minimum absolute atomic E-state index is 0.317. The molecule has 2 aromatic rings. The van der Waals surface area contributed by atoms with E-state index < -0.39 is 12.1 Å². The van der Waals surface area contributed by atoms with Crippen molar-refractivity contribution in [2.75, 3.05) is 17.2 Å². The van der Waals surface area contributed by atoms with Crippen LogP contribution in [-0.2, 0) is 4.74 Å². The third-order valence-corrected chi connectivity index (χ3v) is 3.49. The number of nitrogens with one attached hydrogen (secondary N) is 3. The quantitative estimate of drug-likeness (QED) is 0.587. The molecule has 6 heteroatoms. The number of alkyl carbamates (subject to hydrolysis) is 1. The van der Waals surface area contributed by atoms with Gasteiger partial charge in [0, 0.05) is 13.0 Å². The molecule has 0 aliphatic carbocycles. The monoisotopic (exact) mass is 311 g/mol. The van der Waals surface area contributed by atoms with Crippen molar-refractivity contribution >= 4 is 23.4 Å². The van der Waals surface area contributed by atoms with E-state index in [-0.39, 0.29) is 6.17 Å². The van der Waals surface area contributed by atoms with Gasteiger partial charge in [-0.2, -0.15) is 0 Å². The SMILES string of the molecule is O=C(NC1CCNc2ccccc2N1)OC(=O)c1ccccc1. The van der Waals surface area contributed by atoms with E-state index in [0.29, 0.717) is 18.5 Å². The molecule has 1 aliphatic heterocycles. The summed E-state index contributed by atoms with van der Waals surface area (Å²) in [5, 5.41) is 9.16. The van der Waals surface area contributed by atoms with Crippen molar-refractivity contribution in [3.05, 3.63) is 60.2 Å². The smallest absolute Gasteiger partial charge is 0.383 e. The molecule has 1 heterocycles. The summed E-state index contributed by atoms with van der Waals surface area (Å²) in [7, 11) is 0. The summed E-state index contributed by atoms with van der Waals surface area (Å²) in [4.78, 5) is 23.8. The average molecular weight is 311 g/mol. The van der Waals surface area contributed by atoms with Gasteiger partial charge in [-0.3, -0.25) is 0 Å². The number of hydrogen-bond donors (Lipinski definition) is 3. The van der Waals surface area contributed by atoms with Crippen molar-refractivity contribution in [3.8, 4) is 0 Å². The van der Waals surface area contributed by atoms with Crippen LogP contribution in [-0.4, -0.2) is 24.8 Å². The van der Waals surface area contributed by atoms with Gasteiger partial charge in [0.2, 0.25) is 0 Å². The molecule has 3 rings (SSSR count). The Balaban J connectivity index is 1.59. The third kappa shape index (κ3) is 3.79. The molecule has 118 valence electrons. The molecule has 2 aromatic carbocycles. The number of para-hydroxylation sites is 2. The Bertz CT molecular complexity index is 703. The van der Waals surface area contributed by atoms with Gasteiger partial charge in [-0.1, -0.05) is 30.3 Å². The van der Waals surface area contributed by atoms with Gasteiger partial charge in [0.15, 0.2) is 0 Å². The second-order valence-electron chi connectivity index (χ2n) is 5.15. The highest BCUT2D eigenvalue weighted by atomic mass is 16.6. The number of benzene rings is 2. The van der Waals surface area contributed by atoms with Crippen LogP contribution >= 0.6 is 0 Å². The Morgan fingerprint density at radius 3 is 2.48 bits per heavy atom. The number of anilines is 2. The molecule has 0 fully saturated rings. The number of esters is 1. The molecule has 3 N–H and O–H groups in total. The van der Waals surface area contributed by atoms with Crippen molar-refractivity contribution in [3.63, 3.8) is 0 Å². The van der Waals surface area contributed by atoms with Crippen molar-refractivity contribution in [2.45, 2.75) is 12.6 Å². The van der Waals surface area contributed by atoms with Gasteiger partial charge in [-0.25, -0.2) is 9.59 Å². The zero-order valence-corrected chi connectivity index (χ0v) is 12.4. The summed E-state index contributed by atoms with van der Waals surface area (Å²) >= 11 is 0. The van der Waals surface area contributed by atoms with Gasteiger partial charge >= 0.3 is 12.1 Å². The van der Waals surface area contributed by atoms with Gasteiger partial charge < -0.3 is 20.7 Å². The Labute approximate surface area is 133 Å². The Morgan fingerprint density at radius 2 is 1.70 bits per heavy atom. The van der Waals surface area contributed by atoms with E-state index in [4.69, 9.17) is 4.74 Å². The second-order valence-corrected chi connectivity index (χ2v) is 5.15. The summed E-state index contributed by atoms with van der Waals surface area (Å²) in [5.74, 6) is -0.671. The maximum Gasteiger partial charge on any atom is 0.416 e. The van der Waals surface area contributed by atoms with Crippen LogP contribution < -0.4 is 16.0 Å². The second kappa shape index (κ2) is 6.83. The van der Waals surface area contributed by atoms with Crippen LogP contribution in [0.1, 0.15) is 16.8 Å². The predicted molar refractivity (Wildman–Crippen MR) is 87.3 cm³/mol. The molecule has 0 saturated heterocycles. The first kappa shape index (κ1) is 14.9. The number of ether oxygens (including phenoxy) is 1. The molecular formula is C17H17N3O3. The van der Waals surface area contributed by atoms with Crippen molar-refractivity contribution in [1.82, 2.24) is 5.32 Å². The lowest BCUT2D eigenvalue weighted by atomic mass is 10.2. The lowest BCUT2D eigenvalue weighted by molar-refractivity contribution is 0.0618. The van der Waals surface area contributed by atoms with Gasteiger partial charge in [-0.15, -0.1) is 0 Å². The minimum Gasteiger partial charge on any atom is -0.383 e. The van der Waals surface area contributed by atoms with Gasteiger partial charge in [0.25, 0.3) is 0 Å². The van der Waals surface area contributed by atoms with Crippen LogP contribution in [0, 0.1) is 0 Å². The predicted octanol–water partition coefficient (Wildman–Crippen LogP) is 2.81. The van der Waals surface area contributed by atoms with E-state index in [1.807, 2.05) is 24.3 Å². The first-order valence-corrected chi connectivity index (χ1v) is 7.39. The fourth-order valence-electron chi connectivity index (χ4n) is 2.37. The zero-order valence-electron chi connectivity index (χ0n) is 12.4. The molecule has 23 heavy (non-hydrogen) atoms. The maximum atomic E-state index is 11.9. The van der Waals surface area contributed by atoms with E-state index in [0.717, 1.165) is 11.4 Å². The lowest BCUT2D eigenvalue weighted by Gasteiger charge is -2.18. The van der Waals surface area contributed by atoms with Crippen LogP contribution in [0.4, 0.5) is 16.2 Å². The topological polar surface area (TPSA) is 79.5 Å². The molecule has 0 bridgehead atoms. The highest BCUT2D eigenvalue weighted by Gasteiger charge is 2.19. The maximum absolute atomic E-state index is 11.9. The third-order valence-electron chi connectivity index (χ3n) is 3.49. The van der Waals surface area contributed by atoms with Crippen molar-refractivity contribution in [1.29, 1.82) is 0 Å². The molecule has 6 nitrogen and oxygen atoms in total. The van der Waals surface area contributed by atoms with Crippen LogP contribution in [0.15, 0.2) is 54.6 Å². The van der Waals surface area contributed by atoms with Crippen molar-refractivity contribution < 1.29 is 14.3 Å². The van der Waals surface area contributed by atoms with E-state index in [1.165, 1.54) is 0 Å². The number of carbonyl (C=O) groups is 2. The van der Waals surface area contributed by atoms with Crippen LogP contribution in [0.5, 0.6) is 0 Å². The first-order valence-electron chi connectivity index (χ1n) is 7.39. The Kier molecular flexibility index (Phi) is 4.42. The molecule has 0 spiro atoms. The summed E-state index contributed by atoms with van der Waals surface area (Å²) in [6, 6.07) is 16.1. The fourth-order valence-corrected chi connectivity index (χ4v) is 2.37. The van der Waals surface area contributed by atoms with E-state index in [1.54, 1.807) is 30.3 Å². The molecule has 0 radical (unpaired) electrons. The molecule has 1 amide bonds. The molecule has 1 aliphatic rings. The standard InChI is InChI=1S/C17H17N3O3/c21-16(12-6-2-1-3-7-12)23-17(22)20-15-10-11-18-13-8-4-5-9-14(13)19-15/h1-9,15,18-19H,10-11H2,(H,20,22). The van der Waals surface area contributed by atoms with Gasteiger partial charge in [-0.05, 0) is 24.3 Å². The summed E-state index contributed by atoms with van der Waals surface area (Å²) in [6.45, 7) is 0.696. The molecule has 0 aromatic heterocycles. The van der Waals surface area contributed by atoms with E-state index in [2.05, 4.69) is 16.0 Å². The zero-order chi connectivity index (χ0) is 16.1.